The van der Waals surface area contributed by atoms with Gasteiger partial charge in [0, 0.05) is 44.7 Å². The molecule has 0 rings (SSSR count). The van der Waals surface area contributed by atoms with Crippen molar-refractivity contribution in [2.75, 3.05) is 46.9 Å². The maximum Gasteiger partial charge on any atom is 0.306 e. The van der Waals surface area contributed by atoms with Gasteiger partial charge in [0.15, 0.2) is 0 Å². The fourth-order valence-electron chi connectivity index (χ4n) is 8.81. The van der Waals surface area contributed by atoms with Crippen molar-refractivity contribution in [2.45, 2.75) is 291 Å². The van der Waals surface area contributed by atoms with Gasteiger partial charge in [0.05, 0.1) is 13.2 Å². The van der Waals surface area contributed by atoms with Crippen LogP contribution in [0, 0.1) is 5.92 Å². The SMILES string of the molecule is CCCCCCCC/C=C\CCCCCCCC(=O)OCC(COC(=O)CCCCCCC(=O)OC(CCCCCC)CCCCCCCC)CN(CCCCN(C)C)C(=O)CCCCCCC. The Bertz CT molecular complexity index is 1180. The van der Waals surface area contributed by atoms with E-state index in [0.717, 1.165) is 116 Å². The van der Waals surface area contributed by atoms with Gasteiger partial charge in [0.25, 0.3) is 0 Å². The van der Waals surface area contributed by atoms with Crippen LogP contribution in [-0.2, 0) is 33.4 Å². The summed E-state index contributed by atoms with van der Waals surface area (Å²) in [5.41, 5.74) is 0. The standard InChI is InChI=1S/C59H112N2O7/c1-7-11-15-19-21-22-23-24-25-26-27-28-29-32-38-46-57(63)66-52-54(51-61(50-42-41-49-60(5)6)56(62)45-37-30-17-13-9-3)53-67-58(64)47-39-33-34-40-48-59(65)68-55(43-35-18-14-10-4)44-36-31-20-16-12-8-2/h24-25,54-55H,7-23,26-53H2,1-6H3/b25-24-. The third kappa shape index (κ3) is 46.0. The second-order valence-electron chi connectivity index (χ2n) is 20.5. The number of hydrogen-bond acceptors (Lipinski definition) is 8. The Hall–Kier alpha value is -2.42. The van der Waals surface area contributed by atoms with E-state index in [1.165, 1.54) is 116 Å². The minimum absolute atomic E-state index is 0.0356. The number of amides is 1. The topological polar surface area (TPSA) is 102 Å². The molecule has 0 spiro atoms. The number of ether oxygens (including phenoxy) is 3. The molecular formula is C59H112N2O7. The molecule has 1 amide bonds. The summed E-state index contributed by atoms with van der Waals surface area (Å²) in [5.74, 6) is -0.738. The third-order valence-corrected chi connectivity index (χ3v) is 13.3. The molecule has 9 heteroatoms. The quantitative estimate of drug-likeness (QED) is 0.0257. The average molecular weight is 962 g/mol. The molecule has 400 valence electrons. The van der Waals surface area contributed by atoms with Crippen LogP contribution in [0.3, 0.4) is 0 Å². The van der Waals surface area contributed by atoms with Gasteiger partial charge in [-0.1, -0.05) is 181 Å². The summed E-state index contributed by atoms with van der Waals surface area (Å²) in [6.45, 7) is 11.2. The van der Waals surface area contributed by atoms with Crippen molar-refractivity contribution in [3.63, 3.8) is 0 Å². The monoisotopic (exact) mass is 961 g/mol. The van der Waals surface area contributed by atoms with E-state index in [1.807, 2.05) is 4.90 Å². The van der Waals surface area contributed by atoms with Crippen LogP contribution in [0.4, 0.5) is 0 Å². The number of unbranched alkanes of at least 4 members (excludes halogenated alkanes) is 27. The minimum Gasteiger partial charge on any atom is -0.465 e. The van der Waals surface area contributed by atoms with Crippen molar-refractivity contribution < 1.29 is 33.4 Å². The van der Waals surface area contributed by atoms with Crippen LogP contribution >= 0.6 is 0 Å². The molecule has 0 saturated carbocycles. The van der Waals surface area contributed by atoms with E-state index in [-0.39, 0.29) is 49.1 Å². The average Bonchev–Trinajstić information content (AvgIpc) is 3.32. The van der Waals surface area contributed by atoms with E-state index in [0.29, 0.717) is 45.2 Å². The predicted octanol–water partition coefficient (Wildman–Crippen LogP) is 16.2. The summed E-state index contributed by atoms with van der Waals surface area (Å²) in [4.78, 5) is 56.5. The minimum atomic E-state index is -0.294. The molecule has 0 aliphatic rings. The number of carbonyl (C=O) groups excluding carboxylic acids is 4. The van der Waals surface area contributed by atoms with Crippen LogP contribution in [-0.4, -0.2) is 86.7 Å². The zero-order chi connectivity index (χ0) is 50.0. The van der Waals surface area contributed by atoms with Crippen LogP contribution in [0.5, 0.6) is 0 Å². The van der Waals surface area contributed by atoms with Gasteiger partial charge < -0.3 is 24.0 Å². The van der Waals surface area contributed by atoms with E-state index < -0.39 is 0 Å². The first-order chi connectivity index (χ1) is 33.2. The number of esters is 3. The molecule has 0 aromatic rings. The van der Waals surface area contributed by atoms with Crippen molar-refractivity contribution in [1.29, 1.82) is 0 Å². The Morgan fingerprint density at radius 3 is 1.24 bits per heavy atom. The number of hydrogen-bond donors (Lipinski definition) is 0. The van der Waals surface area contributed by atoms with Crippen molar-refractivity contribution >= 4 is 23.8 Å². The fraction of sp³-hybridized carbons (Fsp3) is 0.898. The first kappa shape index (κ1) is 65.6. The van der Waals surface area contributed by atoms with E-state index in [1.54, 1.807) is 0 Å². The van der Waals surface area contributed by atoms with Crippen LogP contribution in [0.1, 0.15) is 285 Å². The summed E-state index contributed by atoms with van der Waals surface area (Å²) in [7, 11) is 4.13. The lowest BCUT2D eigenvalue weighted by atomic mass is 10.0. The number of carbonyl (C=O) groups is 4. The molecule has 2 atom stereocenters. The normalized spacial score (nSPS) is 12.5. The van der Waals surface area contributed by atoms with E-state index in [9.17, 15) is 19.2 Å². The van der Waals surface area contributed by atoms with Gasteiger partial charge >= 0.3 is 17.9 Å². The van der Waals surface area contributed by atoms with Crippen molar-refractivity contribution in [3.05, 3.63) is 12.2 Å². The zero-order valence-electron chi connectivity index (χ0n) is 45.9. The lowest BCUT2D eigenvalue weighted by Gasteiger charge is -2.28. The fourth-order valence-corrected chi connectivity index (χ4v) is 8.81. The molecule has 0 radical (unpaired) electrons. The molecular weight excluding hydrogens is 849 g/mol. The molecule has 9 nitrogen and oxygen atoms in total. The molecule has 0 aliphatic heterocycles. The van der Waals surface area contributed by atoms with Crippen LogP contribution in [0.15, 0.2) is 12.2 Å². The summed E-state index contributed by atoms with van der Waals surface area (Å²) in [6, 6.07) is 0. The highest BCUT2D eigenvalue weighted by molar-refractivity contribution is 5.76. The van der Waals surface area contributed by atoms with E-state index in [2.05, 4.69) is 58.8 Å². The first-order valence-corrected chi connectivity index (χ1v) is 29.2. The van der Waals surface area contributed by atoms with Crippen LogP contribution in [0.2, 0.25) is 0 Å². The number of nitrogens with zero attached hydrogens (tertiary/aromatic N) is 2. The second-order valence-corrected chi connectivity index (χ2v) is 20.5. The Labute approximate surface area is 421 Å². The Morgan fingerprint density at radius 1 is 0.412 bits per heavy atom. The van der Waals surface area contributed by atoms with E-state index >= 15 is 0 Å². The van der Waals surface area contributed by atoms with Gasteiger partial charge in [-0.3, -0.25) is 19.2 Å². The summed E-state index contributed by atoms with van der Waals surface area (Å²) >= 11 is 0. The van der Waals surface area contributed by atoms with E-state index in [4.69, 9.17) is 14.2 Å². The second kappa shape index (κ2) is 51.0. The molecule has 0 aromatic heterocycles. The Morgan fingerprint density at radius 2 is 0.779 bits per heavy atom. The molecule has 0 bridgehead atoms. The number of rotatable bonds is 52. The lowest BCUT2D eigenvalue weighted by molar-refractivity contribution is -0.151. The summed E-state index contributed by atoms with van der Waals surface area (Å²) in [5, 5.41) is 0. The van der Waals surface area contributed by atoms with Crippen LogP contribution in [0.25, 0.3) is 0 Å². The summed E-state index contributed by atoms with van der Waals surface area (Å²) in [6.07, 6.45) is 46.6. The Kier molecular flexibility index (Phi) is 49.1. The molecule has 0 N–H and O–H groups in total. The molecule has 2 unspecified atom stereocenters. The molecule has 0 aromatic carbocycles. The molecule has 0 heterocycles. The third-order valence-electron chi connectivity index (χ3n) is 13.3. The maximum absolute atomic E-state index is 13.6. The van der Waals surface area contributed by atoms with Gasteiger partial charge in [0.1, 0.15) is 6.10 Å². The predicted molar refractivity (Wildman–Crippen MR) is 287 cm³/mol. The van der Waals surface area contributed by atoms with Crippen molar-refractivity contribution in [2.24, 2.45) is 5.92 Å². The number of allylic oxidation sites excluding steroid dienone is 2. The molecule has 68 heavy (non-hydrogen) atoms. The highest BCUT2D eigenvalue weighted by Gasteiger charge is 2.22. The van der Waals surface area contributed by atoms with Gasteiger partial charge in [0.2, 0.25) is 5.91 Å². The van der Waals surface area contributed by atoms with Crippen molar-refractivity contribution in [3.8, 4) is 0 Å². The smallest absolute Gasteiger partial charge is 0.306 e. The Balaban J connectivity index is 5.05. The molecule has 0 fully saturated rings. The maximum atomic E-state index is 13.6. The van der Waals surface area contributed by atoms with Crippen molar-refractivity contribution in [1.82, 2.24) is 9.80 Å². The zero-order valence-corrected chi connectivity index (χ0v) is 45.9. The van der Waals surface area contributed by atoms with Gasteiger partial charge in [-0.05, 0) is 111 Å². The molecule has 0 saturated heterocycles. The van der Waals surface area contributed by atoms with Gasteiger partial charge in [-0.25, -0.2) is 0 Å². The highest BCUT2D eigenvalue weighted by Crippen LogP contribution is 2.19. The lowest BCUT2D eigenvalue weighted by Crippen LogP contribution is -2.39. The summed E-state index contributed by atoms with van der Waals surface area (Å²) < 4.78 is 17.7. The van der Waals surface area contributed by atoms with Gasteiger partial charge in [-0.15, -0.1) is 0 Å². The first-order valence-electron chi connectivity index (χ1n) is 29.2. The largest absolute Gasteiger partial charge is 0.465 e. The highest BCUT2D eigenvalue weighted by atomic mass is 16.5. The molecule has 0 aliphatic carbocycles. The van der Waals surface area contributed by atoms with Gasteiger partial charge in [-0.2, -0.15) is 0 Å². The van der Waals surface area contributed by atoms with Crippen LogP contribution < -0.4 is 0 Å².